The SMILES string of the molecule is CCCC(C)(C)NC(=O)C1=C(O)[C@@]2(O)C(=O)C3=C(O)c4c(O)ccc(N(C)C)c4[C@H](C)[C@H]3[C@H](O)[C@H]2[C@H](N(C)C)C1=O. The van der Waals surface area contributed by atoms with Crippen LogP contribution in [0.25, 0.3) is 5.76 Å². The van der Waals surface area contributed by atoms with Gasteiger partial charge >= 0.3 is 0 Å². The number of Topliss-reactive ketones (excluding diaryl/α,β-unsaturated/α-hetero) is 2. The Kier molecular flexibility index (Phi) is 7.56. The molecule has 1 aromatic rings. The molecule has 0 bridgehead atoms. The van der Waals surface area contributed by atoms with Crippen LogP contribution in [0.4, 0.5) is 5.69 Å². The first-order chi connectivity index (χ1) is 18.9. The summed E-state index contributed by atoms with van der Waals surface area (Å²) in [4.78, 5) is 44.7. The van der Waals surface area contributed by atoms with Gasteiger partial charge in [0.2, 0.25) is 5.78 Å². The third-order valence-electron chi connectivity index (χ3n) is 8.87. The molecule has 6 atom stereocenters. The molecule has 6 N–H and O–H groups in total. The number of benzene rings is 1. The summed E-state index contributed by atoms with van der Waals surface area (Å²) in [6, 6.07) is 1.67. The monoisotopic (exact) mass is 571 g/mol. The van der Waals surface area contributed by atoms with Crippen LogP contribution in [0.5, 0.6) is 5.75 Å². The van der Waals surface area contributed by atoms with E-state index in [0.717, 1.165) is 6.42 Å². The second-order valence-electron chi connectivity index (χ2n) is 12.6. The zero-order valence-corrected chi connectivity index (χ0v) is 24.8. The Morgan fingerprint density at radius 1 is 1.10 bits per heavy atom. The van der Waals surface area contributed by atoms with Crippen LogP contribution in [0.15, 0.2) is 29.0 Å². The molecule has 0 radical (unpaired) electrons. The number of carbonyl (C=O) groups excluding carboxylic acids is 3. The lowest BCUT2D eigenvalue weighted by atomic mass is 9.54. The van der Waals surface area contributed by atoms with Crippen molar-refractivity contribution in [1.29, 1.82) is 0 Å². The van der Waals surface area contributed by atoms with E-state index in [1.54, 1.807) is 45.8 Å². The first kappa shape index (κ1) is 30.5. The van der Waals surface area contributed by atoms with Gasteiger partial charge < -0.3 is 35.7 Å². The molecule has 0 aliphatic heterocycles. The number of ketones is 2. The van der Waals surface area contributed by atoms with Gasteiger partial charge in [-0.25, -0.2) is 0 Å². The number of phenols is 1. The normalized spacial score (nSPS) is 29.8. The minimum absolute atomic E-state index is 0.0173. The van der Waals surface area contributed by atoms with Gasteiger partial charge in [-0.1, -0.05) is 20.3 Å². The fraction of sp³-hybridized carbons (Fsp3) is 0.567. The van der Waals surface area contributed by atoms with Crippen LogP contribution in [0, 0.1) is 11.8 Å². The topological polar surface area (TPSA) is 171 Å². The highest BCUT2D eigenvalue weighted by atomic mass is 16.4. The van der Waals surface area contributed by atoms with E-state index in [4.69, 9.17) is 0 Å². The average Bonchev–Trinajstić information content (AvgIpc) is 2.85. The number of carbonyl (C=O) groups is 3. The van der Waals surface area contributed by atoms with Crippen molar-refractivity contribution >= 4 is 28.9 Å². The van der Waals surface area contributed by atoms with Crippen molar-refractivity contribution in [3.63, 3.8) is 0 Å². The van der Waals surface area contributed by atoms with Gasteiger partial charge in [0.25, 0.3) is 5.91 Å². The molecule has 11 heteroatoms. The van der Waals surface area contributed by atoms with E-state index in [1.165, 1.54) is 25.1 Å². The van der Waals surface area contributed by atoms with E-state index in [2.05, 4.69) is 5.32 Å². The highest BCUT2D eigenvalue weighted by Gasteiger charge is 2.68. The molecule has 3 aliphatic carbocycles. The molecule has 1 amide bonds. The quantitative estimate of drug-likeness (QED) is 0.277. The van der Waals surface area contributed by atoms with Gasteiger partial charge in [-0.05, 0) is 58.0 Å². The number of hydrogen-bond donors (Lipinski definition) is 6. The van der Waals surface area contributed by atoms with Gasteiger partial charge in [0.1, 0.15) is 22.8 Å². The Morgan fingerprint density at radius 2 is 1.71 bits per heavy atom. The van der Waals surface area contributed by atoms with Crippen LogP contribution in [0.1, 0.15) is 57.6 Å². The summed E-state index contributed by atoms with van der Waals surface area (Å²) in [5, 5.41) is 60.3. The van der Waals surface area contributed by atoms with Crippen molar-refractivity contribution in [3.05, 3.63) is 40.2 Å². The molecule has 0 spiro atoms. The van der Waals surface area contributed by atoms with Crippen molar-refractivity contribution in [2.75, 3.05) is 33.1 Å². The highest BCUT2D eigenvalue weighted by molar-refractivity contribution is 6.25. The predicted molar refractivity (Wildman–Crippen MR) is 153 cm³/mol. The molecule has 4 rings (SSSR count). The lowest BCUT2D eigenvalue weighted by molar-refractivity contribution is -0.169. The second kappa shape index (κ2) is 10.1. The number of fused-ring (bicyclic) bond motifs is 3. The minimum Gasteiger partial charge on any atom is -0.508 e. The number of aliphatic hydroxyl groups excluding tert-OH is 3. The van der Waals surface area contributed by atoms with Crippen LogP contribution in [-0.2, 0) is 14.4 Å². The Morgan fingerprint density at radius 3 is 2.24 bits per heavy atom. The summed E-state index contributed by atoms with van der Waals surface area (Å²) in [6.07, 6.45) is -0.337. The van der Waals surface area contributed by atoms with Gasteiger partial charge in [-0.3, -0.25) is 19.3 Å². The van der Waals surface area contributed by atoms with E-state index < -0.39 is 75.6 Å². The maximum atomic E-state index is 14.3. The first-order valence-electron chi connectivity index (χ1n) is 13.8. The van der Waals surface area contributed by atoms with Crippen LogP contribution in [0.3, 0.4) is 0 Å². The fourth-order valence-corrected chi connectivity index (χ4v) is 7.10. The molecule has 3 aliphatic rings. The van der Waals surface area contributed by atoms with Crippen molar-refractivity contribution in [3.8, 4) is 5.75 Å². The summed E-state index contributed by atoms with van der Waals surface area (Å²) in [7, 11) is 6.58. The fourth-order valence-electron chi connectivity index (χ4n) is 7.10. The van der Waals surface area contributed by atoms with Crippen LogP contribution in [0.2, 0.25) is 0 Å². The van der Waals surface area contributed by atoms with E-state index in [-0.39, 0.29) is 16.9 Å². The number of nitrogens with one attached hydrogen (secondary N) is 1. The molecule has 1 fully saturated rings. The number of hydrogen-bond acceptors (Lipinski definition) is 10. The van der Waals surface area contributed by atoms with Crippen LogP contribution in [-0.4, -0.2) is 99.4 Å². The number of anilines is 1. The van der Waals surface area contributed by atoms with Gasteiger partial charge in [-0.2, -0.15) is 0 Å². The number of aliphatic hydroxyl groups is 4. The van der Waals surface area contributed by atoms with E-state index in [9.17, 15) is 39.9 Å². The van der Waals surface area contributed by atoms with E-state index in [1.807, 2.05) is 6.92 Å². The summed E-state index contributed by atoms with van der Waals surface area (Å²) in [6.45, 7) is 7.15. The van der Waals surface area contributed by atoms with Gasteiger partial charge in [0.05, 0.1) is 23.6 Å². The summed E-state index contributed by atoms with van der Waals surface area (Å²) in [5.41, 5.74) is -3.72. The minimum atomic E-state index is -2.91. The van der Waals surface area contributed by atoms with Crippen molar-refractivity contribution in [2.45, 2.75) is 69.7 Å². The third-order valence-corrected chi connectivity index (χ3v) is 8.87. The smallest absolute Gasteiger partial charge is 0.258 e. The third kappa shape index (κ3) is 4.33. The summed E-state index contributed by atoms with van der Waals surface area (Å²) >= 11 is 0. The number of nitrogens with zero attached hydrogens (tertiary/aromatic N) is 2. The lowest BCUT2D eigenvalue weighted by Gasteiger charge is -2.54. The first-order valence-corrected chi connectivity index (χ1v) is 13.8. The van der Waals surface area contributed by atoms with Gasteiger partial charge in [0.15, 0.2) is 11.4 Å². The summed E-state index contributed by atoms with van der Waals surface area (Å²) < 4.78 is 0. The zero-order valence-electron chi connectivity index (χ0n) is 24.8. The van der Waals surface area contributed by atoms with E-state index in [0.29, 0.717) is 17.7 Å². The molecular weight excluding hydrogens is 530 g/mol. The highest BCUT2D eigenvalue weighted by Crippen LogP contribution is 2.57. The van der Waals surface area contributed by atoms with Gasteiger partial charge in [0, 0.05) is 36.8 Å². The predicted octanol–water partition coefficient (Wildman–Crippen LogP) is 1.77. The Labute approximate surface area is 239 Å². The molecule has 1 aromatic carbocycles. The van der Waals surface area contributed by atoms with E-state index >= 15 is 0 Å². The number of amides is 1. The second-order valence-corrected chi connectivity index (χ2v) is 12.6. The standard InChI is InChI=1S/C30H41N3O8/c1-9-12-29(3,4)31-28(40)20-25(37)22(33(7)8)21-24(36)17-13(2)16-14(32(5)6)10-11-15(34)18(16)23(35)19(17)26(38)30(21,41)27(20)39/h10-11,13,17,21-22,24,34-36,39,41H,9,12H2,1-8H3,(H,31,40)/t13-,17+,21+,22-,24-,30-/m0/s1. The molecule has 224 valence electrons. The molecule has 11 nitrogen and oxygen atoms in total. The molecular formula is C30H41N3O8. The Bertz CT molecular complexity index is 1380. The molecule has 0 unspecified atom stereocenters. The van der Waals surface area contributed by atoms with Crippen LogP contribution >= 0.6 is 0 Å². The molecule has 0 heterocycles. The zero-order chi connectivity index (χ0) is 30.9. The van der Waals surface area contributed by atoms with Crippen molar-refractivity contribution in [2.24, 2.45) is 11.8 Å². The van der Waals surface area contributed by atoms with Crippen LogP contribution < -0.4 is 10.2 Å². The van der Waals surface area contributed by atoms with Crippen molar-refractivity contribution in [1.82, 2.24) is 10.2 Å². The van der Waals surface area contributed by atoms with Crippen molar-refractivity contribution < 1.29 is 39.9 Å². The molecule has 0 saturated heterocycles. The number of likely N-dealkylation sites (N-methyl/N-ethyl adjacent to an activating group) is 1. The maximum absolute atomic E-state index is 14.3. The molecule has 41 heavy (non-hydrogen) atoms. The molecule has 1 saturated carbocycles. The number of phenolic OH excluding ortho intramolecular Hbond substituents is 1. The maximum Gasteiger partial charge on any atom is 0.258 e. The largest absolute Gasteiger partial charge is 0.508 e. The summed E-state index contributed by atoms with van der Waals surface area (Å²) in [5.74, 6) is -8.37. The lowest BCUT2D eigenvalue weighted by Crippen LogP contribution is -2.70. The Balaban J connectivity index is 2.00. The van der Waals surface area contributed by atoms with Gasteiger partial charge in [-0.15, -0.1) is 0 Å². The average molecular weight is 572 g/mol. The Hall–Kier alpha value is -3.41. The molecule has 0 aromatic heterocycles. The number of aromatic hydroxyl groups is 1. The number of rotatable bonds is 6.